The minimum Gasteiger partial charge on any atom is -0.381 e. The highest BCUT2D eigenvalue weighted by atomic mass is 16.5. The predicted molar refractivity (Wildman–Crippen MR) is 76.0 cm³/mol. The number of nitrogens with one attached hydrogen (secondary N) is 2. The number of carbonyl (C=O) groups excluding carboxylic acids is 1. The van der Waals surface area contributed by atoms with E-state index in [2.05, 4.69) is 17.6 Å². The fraction of sp³-hybridized carbons (Fsp3) is 0.933. The van der Waals surface area contributed by atoms with Crippen LogP contribution in [-0.4, -0.2) is 38.3 Å². The van der Waals surface area contributed by atoms with E-state index in [1.54, 1.807) is 0 Å². The first-order chi connectivity index (χ1) is 9.29. The van der Waals surface area contributed by atoms with Crippen LogP contribution in [0.3, 0.4) is 0 Å². The zero-order chi connectivity index (χ0) is 13.5. The van der Waals surface area contributed by atoms with Gasteiger partial charge in [-0.3, -0.25) is 4.79 Å². The van der Waals surface area contributed by atoms with Crippen molar-refractivity contribution in [2.75, 3.05) is 26.3 Å². The molecule has 0 radical (unpaired) electrons. The van der Waals surface area contributed by atoms with Crippen molar-refractivity contribution >= 4 is 5.91 Å². The zero-order valence-electron chi connectivity index (χ0n) is 12.1. The van der Waals surface area contributed by atoms with Crippen molar-refractivity contribution in [1.82, 2.24) is 10.6 Å². The van der Waals surface area contributed by atoms with Crippen LogP contribution in [0.5, 0.6) is 0 Å². The summed E-state index contributed by atoms with van der Waals surface area (Å²) in [6.07, 6.45) is 6.15. The first kappa shape index (κ1) is 14.8. The second-order valence-corrected chi connectivity index (χ2v) is 5.93. The first-order valence-electron chi connectivity index (χ1n) is 7.87. The minimum atomic E-state index is 0.241. The van der Waals surface area contributed by atoms with E-state index in [-0.39, 0.29) is 5.91 Å². The van der Waals surface area contributed by atoms with Gasteiger partial charge in [-0.05, 0) is 57.0 Å². The Balaban J connectivity index is 1.69. The van der Waals surface area contributed by atoms with E-state index < -0.39 is 0 Å². The molecule has 0 aliphatic carbocycles. The molecule has 0 aromatic rings. The second kappa shape index (κ2) is 7.85. The van der Waals surface area contributed by atoms with Crippen LogP contribution in [0, 0.1) is 11.8 Å². The van der Waals surface area contributed by atoms with E-state index in [1.165, 1.54) is 6.42 Å². The van der Waals surface area contributed by atoms with Crippen LogP contribution in [0.4, 0.5) is 0 Å². The quantitative estimate of drug-likeness (QED) is 0.771. The third kappa shape index (κ3) is 4.77. The van der Waals surface area contributed by atoms with Crippen LogP contribution in [-0.2, 0) is 9.53 Å². The fourth-order valence-electron chi connectivity index (χ4n) is 3.25. The summed E-state index contributed by atoms with van der Waals surface area (Å²) in [5.41, 5.74) is 0. The smallest absolute Gasteiger partial charge is 0.220 e. The summed E-state index contributed by atoms with van der Waals surface area (Å²) in [5, 5.41) is 6.60. The molecule has 2 aliphatic rings. The van der Waals surface area contributed by atoms with Gasteiger partial charge in [0, 0.05) is 25.7 Å². The van der Waals surface area contributed by atoms with Crippen molar-refractivity contribution in [3.05, 3.63) is 0 Å². The van der Waals surface area contributed by atoms with Gasteiger partial charge in [0.15, 0.2) is 0 Å². The summed E-state index contributed by atoms with van der Waals surface area (Å²) in [6, 6.07) is 0.345. The Labute approximate surface area is 116 Å². The molecule has 4 heteroatoms. The van der Waals surface area contributed by atoms with Gasteiger partial charge in [0.1, 0.15) is 0 Å². The molecule has 2 saturated heterocycles. The van der Waals surface area contributed by atoms with E-state index in [0.29, 0.717) is 24.3 Å². The molecule has 2 aliphatic heterocycles. The Morgan fingerprint density at radius 1 is 1.37 bits per heavy atom. The van der Waals surface area contributed by atoms with Gasteiger partial charge in [-0.2, -0.15) is 0 Å². The van der Waals surface area contributed by atoms with Crippen molar-refractivity contribution in [2.24, 2.45) is 11.8 Å². The highest BCUT2D eigenvalue weighted by molar-refractivity contribution is 5.76. The third-order valence-corrected chi connectivity index (χ3v) is 4.56. The van der Waals surface area contributed by atoms with Gasteiger partial charge >= 0.3 is 0 Å². The first-order valence-corrected chi connectivity index (χ1v) is 7.87. The van der Waals surface area contributed by atoms with Gasteiger partial charge in [-0.1, -0.05) is 6.92 Å². The summed E-state index contributed by atoms with van der Waals surface area (Å²) in [7, 11) is 0. The van der Waals surface area contributed by atoms with Gasteiger partial charge < -0.3 is 15.4 Å². The molecule has 0 aromatic carbocycles. The highest BCUT2D eigenvalue weighted by Crippen LogP contribution is 2.21. The van der Waals surface area contributed by atoms with Crippen LogP contribution >= 0.6 is 0 Å². The van der Waals surface area contributed by atoms with Gasteiger partial charge in [-0.25, -0.2) is 0 Å². The Bertz CT molecular complexity index is 271. The van der Waals surface area contributed by atoms with Gasteiger partial charge in [0.05, 0.1) is 0 Å². The summed E-state index contributed by atoms with van der Waals surface area (Å²) in [5.74, 6) is 1.55. The standard InChI is InChI=1S/C15H28N2O2/c1-2-14(13-6-9-19-10-7-13)17-15(18)4-3-12-5-8-16-11-12/h12-14,16H,2-11H2,1H3,(H,17,18). The summed E-state index contributed by atoms with van der Waals surface area (Å²) < 4.78 is 5.39. The molecule has 0 spiro atoms. The molecule has 4 nitrogen and oxygen atoms in total. The molecule has 2 N–H and O–H groups in total. The number of rotatable bonds is 6. The monoisotopic (exact) mass is 268 g/mol. The van der Waals surface area contributed by atoms with Gasteiger partial charge in [0.25, 0.3) is 0 Å². The molecule has 2 unspecified atom stereocenters. The third-order valence-electron chi connectivity index (χ3n) is 4.56. The van der Waals surface area contributed by atoms with Crippen molar-refractivity contribution in [1.29, 1.82) is 0 Å². The highest BCUT2D eigenvalue weighted by Gasteiger charge is 2.24. The molecular formula is C15H28N2O2. The lowest BCUT2D eigenvalue weighted by Crippen LogP contribution is -2.42. The molecule has 2 heterocycles. The van der Waals surface area contributed by atoms with Gasteiger partial charge in [-0.15, -0.1) is 0 Å². The Kier molecular flexibility index (Phi) is 6.11. The van der Waals surface area contributed by atoms with E-state index in [4.69, 9.17) is 4.74 Å². The topological polar surface area (TPSA) is 50.4 Å². The molecule has 0 bridgehead atoms. The number of hydrogen-bond donors (Lipinski definition) is 2. The maximum atomic E-state index is 12.0. The van der Waals surface area contributed by atoms with Crippen LogP contribution in [0.25, 0.3) is 0 Å². The second-order valence-electron chi connectivity index (χ2n) is 5.93. The van der Waals surface area contributed by atoms with Crippen LogP contribution < -0.4 is 10.6 Å². The SMILES string of the molecule is CCC(NC(=O)CCC1CCNC1)C1CCOCC1. The van der Waals surface area contributed by atoms with Crippen molar-refractivity contribution in [3.63, 3.8) is 0 Å². The summed E-state index contributed by atoms with van der Waals surface area (Å²) in [4.78, 5) is 12.0. The molecule has 2 fully saturated rings. The number of carbonyl (C=O) groups is 1. The van der Waals surface area contributed by atoms with E-state index in [0.717, 1.165) is 52.0 Å². The number of ether oxygens (including phenoxy) is 1. The Hall–Kier alpha value is -0.610. The Morgan fingerprint density at radius 3 is 2.79 bits per heavy atom. The average molecular weight is 268 g/mol. The van der Waals surface area contributed by atoms with Crippen LogP contribution in [0.1, 0.15) is 45.4 Å². The minimum absolute atomic E-state index is 0.241. The lowest BCUT2D eigenvalue weighted by molar-refractivity contribution is -0.122. The molecule has 19 heavy (non-hydrogen) atoms. The van der Waals surface area contributed by atoms with E-state index >= 15 is 0 Å². The van der Waals surface area contributed by atoms with Crippen LogP contribution in [0.15, 0.2) is 0 Å². The lowest BCUT2D eigenvalue weighted by Gasteiger charge is -2.30. The summed E-state index contributed by atoms with van der Waals surface area (Å²) >= 11 is 0. The molecule has 1 amide bonds. The molecule has 110 valence electrons. The molecule has 0 saturated carbocycles. The molecular weight excluding hydrogens is 240 g/mol. The van der Waals surface area contributed by atoms with Crippen molar-refractivity contribution in [3.8, 4) is 0 Å². The van der Waals surface area contributed by atoms with Crippen molar-refractivity contribution in [2.45, 2.75) is 51.5 Å². The van der Waals surface area contributed by atoms with Crippen molar-refractivity contribution < 1.29 is 9.53 Å². The number of amides is 1. The van der Waals surface area contributed by atoms with Gasteiger partial charge in [0.2, 0.25) is 5.91 Å². The molecule has 2 rings (SSSR count). The lowest BCUT2D eigenvalue weighted by atomic mass is 9.90. The molecule has 2 atom stereocenters. The Morgan fingerprint density at radius 2 is 2.16 bits per heavy atom. The summed E-state index contributed by atoms with van der Waals surface area (Å²) in [6.45, 7) is 6.08. The molecule has 0 aromatic heterocycles. The zero-order valence-corrected chi connectivity index (χ0v) is 12.1. The predicted octanol–water partition coefficient (Wildman–Crippen LogP) is 1.70. The maximum absolute atomic E-state index is 12.0. The van der Waals surface area contributed by atoms with E-state index in [9.17, 15) is 4.79 Å². The number of hydrogen-bond acceptors (Lipinski definition) is 3. The van der Waals surface area contributed by atoms with Crippen LogP contribution in [0.2, 0.25) is 0 Å². The fourth-order valence-corrected chi connectivity index (χ4v) is 3.25. The van der Waals surface area contributed by atoms with E-state index in [1.807, 2.05) is 0 Å². The normalized spacial score (nSPS) is 26.3. The largest absolute Gasteiger partial charge is 0.381 e. The maximum Gasteiger partial charge on any atom is 0.220 e. The average Bonchev–Trinajstić information content (AvgIpc) is 2.97.